The molecule has 1 unspecified atom stereocenters. The predicted octanol–water partition coefficient (Wildman–Crippen LogP) is -0.980. The van der Waals surface area contributed by atoms with Gasteiger partial charge in [0, 0.05) is 0 Å². The van der Waals surface area contributed by atoms with Crippen LogP contribution >= 0.6 is 0 Å². The molecule has 0 saturated carbocycles. The first kappa shape index (κ1) is 16.1. The molecular formula is C13H21N5O2. The van der Waals surface area contributed by atoms with Gasteiger partial charge in [-0.3, -0.25) is 0 Å². The third-order valence-corrected chi connectivity index (χ3v) is 2.82. The third-order valence-electron chi connectivity index (χ3n) is 2.82. The summed E-state index contributed by atoms with van der Waals surface area (Å²) in [7, 11) is 0. The summed E-state index contributed by atoms with van der Waals surface area (Å²) < 4.78 is 0. The van der Waals surface area contributed by atoms with Gasteiger partial charge in [-0.25, -0.2) is 4.99 Å². The number of benzene rings is 1. The molecule has 1 rings (SSSR count). The third kappa shape index (κ3) is 4.30. The number of guanidine groups is 1. The normalized spacial score (nSPS) is 14.7. The van der Waals surface area contributed by atoms with Gasteiger partial charge in [0.2, 0.25) is 5.96 Å². The van der Waals surface area contributed by atoms with Gasteiger partial charge in [-0.2, -0.15) is 4.99 Å². The second-order valence-corrected chi connectivity index (χ2v) is 4.38. The SMILES string of the molecule is Cc1ccccc1C(N)C(N)=NC(N)=NC(CO)CO. The van der Waals surface area contributed by atoms with Crippen molar-refractivity contribution in [2.75, 3.05) is 13.2 Å². The minimum absolute atomic E-state index is 0.121. The molecule has 0 amide bonds. The Bertz CT molecular complexity index is 497. The van der Waals surface area contributed by atoms with Gasteiger partial charge in [0.25, 0.3) is 0 Å². The molecule has 0 saturated heterocycles. The molecule has 0 aliphatic carbocycles. The van der Waals surface area contributed by atoms with E-state index in [4.69, 9.17) is 27.4 Å². The Labute approximate surface area is 117 Å². The standard InChI is InChI=1S/C13H21N5O2/c1-8-4-2-3-5-10(8)11(14)12(15)18-13(16)17-9(6-19)7-20/h2-5,9,11,19-20H,6-7,14H2,1H3,(H4,15,16,17,18). The van der Waals surface area contributed by atoms with Crippen molar-refractivity contribution < 1.29 is 10.2 Å². The molecule has 8 N–H and O–H groups in total. The number of rotatable bonds is 5. The van der Waals surface area contributed by atoms with Crippen molar-refractivity contribution in [3.05, 3.63) is 35.4 Å². The second kappa shape index (κ2) is 7.59. The van der Waals surface area contributed by atoms with Gasteiger partial charge in [0.15, 0.2) is 0 Å². The molecular weight excluding hydrogens is 258 g/mol. The van der Waals surface area contributed by atoms with Crippen molar-refractivity contribution in [2.24, 2.45) is 27.2 Å². The highest BCUT2D eigenvalue weighted by molar-refractivity contribution is 5.97. The number of nitrogens with zero attached hydrogens (tertiary/aromatic N) is 2. The average molecular weight is 279 g/mol. The Morgan fingerprint density at radius 2 is 1.80 bits per heavy atom. The van der Waals surface area contributed by atoms with E-state index in [0.29, 0.717) is 0 Å². The highest BCUT2D eigenvalue weighted by atomic mass is 16.3. The molecule has 20 heavy (non-hydrogen) atoms. The summed E-state index contributed by atoms with van der Waals surface area (Å²) in [5.74, 6) is -0.00480. The second-order valence-electron chi connectivity index (χ2n) is 4.38. The Balaban J connectivity index is 2.91. The number of aliphatic hydroxyl groups is 2. The highest BCUT2D eigenvalue weighted by Gasteiger charge is 2.13. The number of aliphatic hydroxyl groups excluding tert-OH is 2. The molecule has 7 nitrogen and oxygen atoms in total. The zero-order valence-electron chi connectivity index (χ0n) is 11.4. The molecule has 0 aliphatic heterocycles. The molecule has 0 heterocycles. The fraction of sp³-hybridized carbons (Fsp3) is 0.385. The molecule has 0 aromatic heterocycles. The average Bonchev–Trinajstić information content (AvgIpc) is 2.44. The predicted molar refractivity (Wildman–Crippen MR) is 79.3 cm³/mol. The number of hydrogen-bond acceptors (Lipinski definition) is 4. The zero-order valence-corrected chi connectivity index (χ0v) is 11.4. The smallest absolute Gasteiger partial charge is 0.217 e. The zero-order chi connectivity index (χ0) is 15.1. The Morgan fingerprint density at radius 3 is 2.35 bits per heavy atom. The molecule has 110 valence electrons. The van der Waals surface area contributed by atoms with Crippen LogP contribution in [0.4, 0.5) is 0 Å². The fourth-order valence-corrected chi connectivity index (χ4v) is 1.65. The number of hydrogen-bond donors (Lipinski definition) is 5. The summed E-state index contributed by atoms with van der Waals surface area (Å²) in [6.07, 6.45) is 0. The minimum atomic E-state index is -0.707. The van der Waals surface area contributed by atoms with Crippen LogP contribution in [0, 0.1) is 6.92 Å². The van der Waals surface area contributed by atoms with Crippen LogP contribution in [0.3, 0.4) is 0 Å². The van der Waals surface area contributed by atoms with Gasteiger partial charge in [0.05, 0.1) is 25.3 Å². The highest BCUT2D eigenvalue weighted by Crippen LogP contribution is 2.15. The molecule has 0 bridgehead atoms. The molecule has 7 heteroatoms. The van der Waals surface area contributed by atoms with Crippen molar-refractivity contribution in [1.82, 2.24) is 0 Å². The first-order valence-corrected chi connectivity index (χ1v) is 6.19. The van der Waals surface area contributed by atoms with Crippen LogP contribution in [0.25, 0.3) is 0 Å². The van der Waals surface area contributed by atoms with E-state index in [1.165, 1.54) is 0 Å². The van der Waals surface area contributed by atoms with Crippen molar-refractivity contribution in [3.8, 4) is 0 Å². The lowest BCUT2D eigenvalue weighted by molar-refractivity contribution is 0.195. The summed E-state index contributed by atoms with van der Waals surface area (Å²) in [6.45, 7) is 1.28. The van der Waals surface area contributed by atoms with Crippen LogP contribution in [0.2, 0.25) is 0 Å². The largest absolute Gasteiger partial charge is 0.394 e. The molecule has 0 aliphatic rings. The maximum absolute atomic E-state index is 8.91. The van der Waals surface area contributed by atoms with E-state index >= 15 is 0 Å². The van der Waals surface area contributed by atoms with E-state index in [9.17, 15) is 0 Å². The summed E-state index contributed by atoms with van der Waals surface area (Å²) in [4.78, 5) is 7.73. The van der Waals surface area contributed by atoms with Crippen LogP contribution in [0.1, 0.15) is 17.2 Å². The van der Waals surface area contributed by atoms with E-state index in [0.717, 1.165) is 11.1 Å². The molecule has 0 spiro atoms. The van der Waals surface area contributed by atoms with Crippen LogP contribution in [0.5, 0.6) is 0 Å². The van der Waals surface area contributed by atoms with Gasteiger partial charge in [-0.15, -0.1) is 0 Å². The lowest BCUT2D eigenvalue weighted by atomic mass is 10.0. The molecule has 1 atom stereocenters. The Morgan fingerprint density at radius 1 is 1.20 bits per heavy atom. The summed E-state index contributed by atoms with van der Waals surface area (Å²) in [5, 5.41) is 17.8. The maximum atomic E-state index is 8.91. The van der Waals surface area contributed by atoms with E-state index in [1.54, 1.807) is 0 Å². The van der Waals surface area contributed by atoms with Gasteiger partial charge >= 0.3 is 0 Å². The van der Waals surface area contributed by atoms with Crippen molar-refractivity contribution >= 4 is 11.8 Å². The topological polar surface area (TPSA) is 143 Å². The lowest BCUT2D eigenvalue weighted by Gasteiger charge is -2.14. The Hall–Kier alpha value is -1.96. The van der Waals surface area contributed by atoms with E-state index in [2.05, 4.69) is 9.98 Å². The van der Waals surface area contributed by atoms with E-state index < -0.39 is 12.1 Å². The first-order valence-electron chi connectivity index (χ1n) is 6.19. The van der Waals surface area contributed by atoms with Gasteiger partial charge in [-0.1, -0.05) is 24.3 Å². The van der Waals surface area contributed by atoms with Gasteiger partial charge in [-0.05, 0) is 18.1 Å². The van der Waals surface area contributed by atoms with E-state index in [-0.39, 0.29) is 25.0 Å². The van der Waals surface area contributed by atoms with Gasteiger partial charge < -0.3 is 27.4 Å². The fourth-order valence-electron chi connectivity index (χ4n) is 1.65. The number of amidine groups is 1. The van der Waals surface area contributed by atoms with Crippen LogP contribution < -0.4 is 17.2 Å². The number of nitrogens with two attached hydrogens (primary N) is 3. The summed E-state index contributed by atoms with van der Waals surface area (Å²) >= 11 is 0. The minimum Gasteiger partial charge on any atom is -0.394 e. The lowest BCUT2D eigenvalue weighted by Crippen LogP contribution is -2.32. The Kier molecular flexibility index (Phi) is 6.10. The molecule has 0 fully saturated rings. The van der Waals surface area contributed by atoms with Gasteiger partial charge in [0.1, 0.15) is 5.84 Å². The van der Waals surface area contributed by atoms with Crippen LogP contribution in [0.15, 0.2) is 34.3 Å². The van der Waals surface area contributed by atoms with Crippen molar-refractivity contribution in [2.45, 2.75) is 19.0 Å². The molecule has 1 aromatic carbocycles. The van der Waals surface area contributed by atoms with E-state index in [1.807, 2.05) is 31.2 Å². The number of aryl methyl sites for hydroxylation is 1. The first-order chi connectivity index (χ1) is 9.49. The molecule has 0 radical (unpaired) electrons. The van der Waals surface area contributed by atoms with Crippen molar-refractivity contribution in [3.63, 3.8) is 0 Å². The number of aliphatic imine (C=N–C) groups is 2. The van der Waals surface area contributed by atoms with Crippen LogP contribution in [-0.2, 0) is 0 Å². The maximum Gasteiger partial charge on any atom is 0.217 e. The van der Waals surface area contributed by atoms with Crippen LogP contribution in [-0.4, -0.2) is 41.3 Å². The van der Waals surface area contributed by atoms with Crippen molar-refractivity contribution in [1.29, 1.82) is 0 Å². The molecule has 1 aromatic rings. The summed E-state index contributed by atoms with van der Waals surface area (Å²) in [5.41, 5.74) is 19.3. The summed E-state index contributed by atoms with van der Waals surface area (Å²) in [6, 6.07) is 6.25. The monoisotopic (exact) mass is 279 g/mol. The quantitative estimate of drug-likeness (QED) is 0.347.